The van der Waals surface area contributed by atoms with E-state index in [0.29, 0.717) is 6.10 Å². The van der Waals surface area contributed by atoms with E-state index in [9.17, 15) is 0 Å². The molecule has 0 saturated heterocycles. The zero-order chi connectivity index (χ0) is 11.2. The van der Waals surface area contributed by atoms with Crippen LogP contribution in [-0.2, 0) is 11.2 Å². The van der Waals surface area contributed by atoms with Crippen molar-refractivity contribution in [2.45, 2.75) is 25.4 Å². The number of nitrogens with one attached hydrogen (secondary N) is 1. The number of fused-ring (bicyclic) bond motifs is 1. The molecule has 1 heterocycles. The summed E-state index contributed by atoms with van der Waals surface area (Å²) in [6, 6.07) is 8.50. The first-order chi connectivity index (χ1) is 7.90. The van der Waals surface area contributed by atoms with Crippen LogP contribution in [0, 0.1) is 0 Å². The molecule has 0 saturated carbocycles. The number of hydrogen-bond acceptors (Lipinski definition) is 2. The molecule has 1 aromatic carbocycles. The van der Waals surface area contributed by atoms with Crippen LogP contribution in [-0.4, -0.2) is 19.3 Å². The van der Waals surface area contributed by atoms with Gasteiger partial charge in [-0.3, -0.25) is 0 Å². The van der Waals surface area contributed by atoms with Crippen molar-refractivity contribution in [2.75, 3.05) is 18.5 Å². The minimum Gasteiger partial charge on any atom is -0.382 e. The van der Waals surface area contributed by atoms with E-state index in [1.807, 2.05) is 6.08 Å². The third-order valence-electron chi connectivity index (χ3n) is 2.95. The van der Waals surface area contributed by atoms with Gasteiger partial charge in [0, 0.05) is 12.2 Å². The van der Waals surface area contributed by atoms with Crippen LogP contribution >= 0.6 is 0 Å². The maximum Gasteiger partial charge on any atom is 0.0750 e. The number of para-hydroxylation sites is 1. The highest BCUT2D eigenvalue weighted by Crippen LogP contribution is 2.21. The molecular weight excluding hydrogens is 198 g/mol. The van der Waals surface area contributed by atoms with Crippen LogP contribution in [0.1, 0.15) is 18.4 Å². The Morgan fingerprint density at radius 2 is 2.31 bits per heavy atom. The topological polar surface area (TPSA) is 21.3 Å². The van der Waals surface area contributed by atoms with Crippen molar-refractivity contribution in [1.29, 1.82) is 0 Å². The monoisotopic (exact) mass is 217 g/mol. The molecule has 2 nitrogen and oxygen atoms in total. The Labute approximate surface area is 97.3 Å². The van der Waals surface area contributed by atoms with Gasteiger partial charge >= 0.3 is 0 Å². The molecule has 0 bridgehead atoms. The molecule has 0 aromatic heterocycles. The highest BCUT2D eigenvalue weighted by atomic mass is 16.5. The Bertz CT molecular complexity index is 321. The van der Waals surface area contributed by atoms with Gasteiger partial charge in [-0.1, -0.05) is 24.3 Å². The lowest BCUT2D eigenvalue weighted by Crippen LogP contribution is -2.22. The summed E-state index contributed by atoms with van der Waals surface area (Å²) in [4.78, 5) is 0. The average molecular weight is 217 g/mol. The van der Waals surface area contributed by atoms with Crippen LogP contribution in [0.3, 0.4) is 0 Å². The highest BCUT2D eigenvalue weighted by Gasteiger charge is 2.15. The van der Waals surface area contributed by atoms with Crippen molar-refractivity contribution in [1.82, 2.24) is 0 Å². The number of benzene rings is 1. The molecule has 1 N–H and O–H groups in total. The molecule has 16 heavy (non-hydrogen) atoms. The Morgan fingerprint density at radius 1 is 1.44 bits per heavy atom. The molecule has 1 aliphatic heterocycles. The molecule has 0 aliphatic carbocycles. The minimum absolute atomic E-state index is 0.326. The van der Waals surface area contributed by atoms with E-state index in [4.69, 9.17) is 4.74 Å². The molecule has 0 spiro atoms. The van der Waals surface area contributed by atoms with E-state index in [-0.39, 0.29) is 0 Å². The van der Waals surface area contributed by atoms with Gasteiger partial charge in [0.05, 0.1) is 12.7 Å². The molecule has 86 valence electrons. The Kier molecular flexibility index (Phi) is 4.00. The van der Waals surface area contributed by atoms with Gasteiger partial charge in [0.1, 0.15) is 0 Å². The summed E-state index contributed by atoms with van der Waals surface area (Å²) in [7, 11) is 0. The highest BCUT2D eigenvalue weighted by molar-refractivity contribution is 5.51. The van der Waals surface area contributed by atoms with Crippen LogP contribution in [0.5, 0.6) is 0 Å². The number of anilines is 1. The van der Waals surface area contributed by atoms with Crippen LogP contribution in [0.25, 0.3) is 0 Å². The lowest BCUT2D eigenvalue weighted by Gasteiger charge is -2.15. The van der Waals surface area contributed by atoms with Gasteiger partial charge in [0.2, 0.25) is 0 Å². The van der Waals surface area contributed by atoms with Crippen LogP contribution in [0.2, 0.25) is 0 Å². The Morgan fingerprint density at radius 3 is 3.19 bits per heavy atom. The maximum absolute atomic E-state index is 5.80. The second-order valence-corrected chi connectivity index (χ2v) is 4.15. The fourth-order valence-corrected chi connectivity index (χ4v) is 2.01. The van der Waals surface area contributed by atoms with E-state index in [2.05, 4.69) is 36.2 Å². The van der Waals surface area contributed by atoms with Crippen LogP contribution in [0.15, 0.2) is 36.9 Å². The minimum atomic E-state index is 0.326. The van der Waals surface area contributed by atoms with E-state index < -0.39 is 0 Å². The second-order valence-electron chi connectivity index (χ2n) is 4.15. The molecular formula is C14H19NO. The molecule has 0 radical (unpaired) electrons. The molecule has 1 atom stereocenters. The average Bonchev–Trinajstić information content (AvgIpc) is 2.53. The quantitative estimate of drug-likeness (QED) is 0.618. The van der Waals surface area contributed by atoms with Gasteiger partial charge in [-0.25, -0.2) is 0 Å². The fraction of sp³-hybridized carbons (Fsp3) is 0.429. The summed E-state index contributed by atoms with van der Waals surface area (Å²) in [5.74, 6) is 0. The SMILES string of the molecule is C=CCCOC1CCc2ccccc2NC1. The number of hydrogen-bond donors (Lipinski definition) is 1. The van der Waals surface area contributed by atoms with Crippen molar-refractivity contribution in [3.05, 3.63) is 42.5 Å². The summed E-state index contributed by atoms with van der Waals surface area (Å²) in [6.07, 6.45) is 5.36. The summed E-state index contributed by atoms with van der Waals surface area (Å²) in [6.45, 7) is 5.39. The van der Waals surface area contributed by atoms with Gasteiger partial charge in [-0.05, 0) is 30.9 Å². The number of ether oxygens (including phenoxy) is 1. The maximum atomic E-state index is 5.80. The van der Waals surface area contributed by atoms with E-state index in [0.717, 1.165) is 32.4 Å². The largest absolute Gasteiger partial charge is 0.382 e. The first kappa shape index (κ1) is 11.2. The first-order valence-corrected chi connectivity index (χ1v) is 5.94. The van der Waals surface area contributed by atoms with Gasteiger partial charge in [-0.15, -0.1) is 6.58 Å². The fourth-order valence-electron chi connectivity index (χ4n) is 2.01. The van der Waals surface area contributed by atoms with Crippen LogP contribution < -0.4 is 5.32 Å². The molecule has 1 unspecified atom stereocenters. The van der Waals surface area contributed by atoms with Crippen molar-refractivity contribution in [2.24, 2.45) is 0 Å². The van der Waals surface area contributed by atoms with Gasteiger partial charge in [0.25, 0.3) is 0 Å². The third kappa shape index (κ3) is 2.86. The molecule has 0 fully saturated rings. The van der Waals surface area contributed by atoms with Crippen molar-refractivity contribution in [3.8, 4) is 0 Å². The van der Waals surface area contributed by atoms with E-state index in [1.54, 1.807) is 0 Å². The first-order valence-electron chi connectivity index (χ1n) is 5.94. The molecule has 0 amide bonds. The molecule has 2 rings (SSSR count). The summed E-state index contributed by atoms with van der Waals surface area (Å²) in [5.41, 5.74) is 2.66. The lowest BCUT2D eigenvalue weighted by molar-refractivity contribution is 0.0608. The molecule has 1 aliphatic rings. The van der Waals surface area contributed by atoms with Gasteiger partial charge in [0.15, 0.2) is 0 Å². The van der Waals surface area contributed by atoms with Crippen molar-refractivity contribution < 1.29 is 4.74 Å². The van der Waals surface area contributed by atoms with Crippen LogP contribution in [0.4, 0.5) is 5.69 Å². The van der Waals surface area contributed by atoms with E-state index in [1.165, 1.54) is 11.3 Å². The number of rotatable bonds is 4. The van der Waals surface area contributed by atoms with Crippen molar-refractivity contribution in [3.63, 3.8) is 0 Å². The third-order valence-corrected chi connectivity index (χ3v) is 2.95. The Hall–Kier alpha value is -1.28. The summed E-state index contributed by atoms with van der Waals surface area (Å²) >= 11 is 0. The van der Waals surface area contributed by atoms with Gasteiger partial charge < -0.3 is 10.1 Å². The molecule has 2 heteroatoms. The normalized spacial score (nSPS) is 19.4. The summed E-state index contributed by atoms with van der Waals surface area (Å²) < 4.78 is 5.80. The zero-order valence-corrected chi connectivity index (χ0v) is 9.61. The standard InChI is InChI=1S/C14H19NO/c1-2-3-10-16-13-9-8-12-6-4-5-7-14(12)15-11-13/h2,4-7,13,15H,1,3,8-11H2. The Balaban J connectivity index is 1.89. The smallest absolute Gasteiger partial charge is 0.0750 e. The van der Waals surface area contributed by atoms with Crippen molar-refractivity contribution >= 4 is 5.69 Å². The summed E-state index contributed by atoms with van der Waals surface area (Å²) in [5, 5.41) is 3.45. The lowest BCUT2D eigenvalue weighted by atomic mass is 10.1. The van der Waals surface area contributed by atoms with Gasteiger partial charge in [-0.2, -0.15) is 0 Å². The zero-order valence-electron chi connectivity index (χ0n) is 9.61. The number of aryl methyl sites for hydroxylation is 1. The molecule has 1 aromatic rings. The van der Waals surface area contributed by atoms with E-state index >= 15 is 0 Å². The second kappa shape index (κ2) is 5.71. The predicted octanol–water partition coefficient (Wildman–Crippen LogP) is 3.01. The predicted molar refractivity (Wildman–Crippen MR) is 67.8 cm³/mol.